The van der Waals surface area contributed by atoms with Crippen LogP contribution in [0.25, 0.3) is 0 Å². The minimum Gasteiger partial charge on any atom is -0.341 e. The molecule has 2 heterocycles. The molecule has 1 saturated heterocycles. The second-order valence-corrected chi connectivity index (χ2v) is 6.08. The Morgan fingerprint density at radius 3 is 2.65 bits per heavy atom. The molecule has 1 aliphatic rings. The first-order valence-electron chi connectivity index (χ1n) is 7.82. The number of nitrogens with zero attached hydrogens (tertiary/aromatic N) is 3. The van der Waals surface area contributed by atoms with E-state index in [-0.39, 0.29) is 5.91 Å². The van der Waals surface area contributed by atoms with Crippen LogP contribution in [0.15, 0.2) is 36.7 Å². The zero-order valence-electron chi connectivity index (χ0n) is 12.8. The van der Waals surface area contributed by atoms with E-state index in [4.69, 9.17) is 11.6 Å². The molecule has 1 fully saturated rings. The molecule has 0 bridgehead atoms. The Morgan fingerprint density at radius 2 is 1.96 bits per heavy atom. The van der Waals surface area contributed by atoms with Crippen LogP contribution in [-0.4, -0.2) is 29.0 Å². The molecule has 0 radical (unpaired) electrons. The number of hydrogen-bond donors (Lipinski definition) is 1. The number of halogens is 1. The average Bonchev–Trinajstić information content (AvgIpc) is 3.08. The Kier molecular flexibility index (Phi) is 5.08. The highest BCUT2D eigenvalue weighted by molar-refractivity contribution is 6.30. The quantitative estimate of drug-likeness (QED) is 0.913. The number of amides is 1. The van der Waals surface area contributed by atoms with Crippen LogP contribution in [0.3, 0.4) is 0 Å². The van der Waals surface area contributed by atoms with Crippen molar-refractivity contribution in [1.29, 1.82) is 0 Å². The summed E-state index contributed by atoms with van der Waals surface area (Å²) in [6.45, 7) is 2.01. The van der Waals surface area contributed by atoms with E-state index in [1.807, 2.05) is 24.3 Å². The molecule has 2 aromatic rings. The van der Waals surface area contributed by atoms with E-state index in [2.05, 4.69) is 20.2 Å². The summed E-state index contributed by atoms with van der Waals surface area (Å²) in [6.07, 6.45) is 6.75. The van der Waals surface area contributed by atoms with Crippen LogP contribution in [0.4, 0.5) is 11.6 Å². The third-order valence-electron chi connectivity index (χ3n) is 3.84. The number of carbonyl (C=O) groups excluding carboxylic acids is 1. The summed E-state index contributed by atoms with van der Waals surface area (Å²) in [6, 6.07) is 7.56. The van der Waals surface area contributed by atoms with Crippen molar-refractivity contribution in [2.45, 2.75) is 25.7 Å². The zero-order chi connectivity index (χ0) is 16.1. The van der Waals surface area contributed by atoms with Gasteiger partial charge >= 0.3 is 0 Å². The van der Waals surface area contributed by atoms with Gasteiger partial charge in [0.1, 0.15) is 0 Å². The Balaban J connectivity index is 1.51. The highest BCUT2D eigenvalue weighted by atomic mass is 35.5. The molecule has 120 valence electrons. The molecule has 0 aliphatic carbocycles. The Hall–Kier alpha value is -2.14. The lowest BCUT2D eigenvalue weighted by atomic mass is 10.1. The van der Waals surface area contributed by atoms with Gasteiger partial charge in [0.15, 0.2) is 0 Å². The molecule has 0 saturated carbocycles. The third-order valence-corrected chi connectivity index (χ3v) is 4.08. The molecule has 5 nitrogen and oxygen atoms in total. The molecule has 0 spiro atoms. The number of anilines is 2. The first kappa shape index (κ1) is 15.7. The maximum absolute atomic E-state index is 12.0. The number of hydrogen-bond acceptors (Lipinski definition) is 4. The lowest BCUT2D eigenvalue weighted by Crippen LogP contribution is -2.20. The van der Waals surface area contributed by atoms with Crippen LogP contribution in [0.1, 0.15) is 24.8 Å². The maximum Gasteiger partial charge on any atom is 0.225 e. The molecule has 1 aromatic heterocycles. The van der Waals surface area contributed by atoms with E-state index < -0.39 is 0 Å². The summed E-state index contributed by atoms with van der Waals surface area (Å²) >= 11 is 5.94. The van der Waals surface area contributed by atoms with Gasteiger partial charge in [0, 0.05) is 24.5 Å². The van der Waals surface area contributed by atoms with Gasteiger partial charge in [-0.2, -0.15) is 0 Å². The first-order valence-corrected chi connectivity index (χ1v) is 8.20. The van der Waals surface area contributed by atoms with Gasteiger partial charge in [-0.25, -0.2) is 9.97 Å². The molecule has 1 N–H and O–H groups in total. The van der Waals surface area contributed by atoms with E-state index in [0.29, 0.717) is 23.6 Å². The lowest BCUT2D eigenvalue weighted by Gasteiger charge is -2.14. The van der Waals surface area contributed by atoms with Crippen molar-refractivity contribution in [3.05, 3.63) is 47.2 Å². The van der Waals surface area contributed by atoms with Crippen molar-refractivity contribution in [1.82, 2.24) is 9.97 Å². The van der Waals surface area contributed by atoms with Crippen LogP contribution in [0.2, 0.25) is 5.02 Å². The van der Waals surface area contributed by atoms with Crippen molar-refractivity contribution >= 4 is 29.1 Å². The summed E-state index contributed by atoms with van der Waals surface area (Å²) in [4.78, 5) is 22.8. The second kappa shape index (κ2) is 7.42. The van der Waals surface area contributed by atoms with Gasteiger partial charge < -0.3 is 10.2 Å². The fourth-order valence-electron chi connectivity index (χ4n) is 2.64. The van der Waals surface area contributed by atoms with Crippen LogP contribution in [0, 0.1) is 0 Å². The molecule has 1 aliphatic heterocycles. The van der Waals surface area contributed by atoms with Gasteiger partial charge in [-0.1, -0.05) is 23.7 Å². The van der Waals surface area contributed by atoms with Crippen LogP contribution in [0.5, 0.6) is 0 Å². The van der Waals surface area contributed by atoms with E-state index in [9.17, 15) is 4.79 Å². The molecule has 1 aromatic carbocycles. The molecule has 6 heteroatoms. The average molecular weight is 331 g/mol. The molecule has 0 atom stereocenters. The van der Waals surface area contributed by atoms with E-state index in [0.717, 1.165) is 24.6 Å². The van der Waals surface area contributed by atoms with Gasteiger partial charge in [0.05, 0.1) is 18.1 Å². The topological polar surface area (TPSA) is 58.1 Å². The van der Waals surface area contributed by atoms with Crippen molar-refractivity contribution in [2.24, 2.45) is 0 Å². The predicted molar refractivity (Wildman–Crippen MR) is 91.9 cm³/mol. The highest BCUT2D eigenvalue weighted by Gasteiger charge is 2.14. The van der Waals surface area contributed by atoms with Crippen LogP contribution >= 0.6 is 11.6 Å². The minimum absolute atomic E-state index is 0.0532. The number of aromatic nitrogens is 2. The summed E-state index contributed by atoms with van der Waals surface area (Å²) in [5.41, 5.74) is 1.68. The fourth-order valence-corrected chi connectivity index (χ4v) is 2.85. The predicted octanol–water partition coefficient (Wildman–Crippen LogP) is 3.30. The van der Waals surface area contributed by atoms with Gasteiger partial charge in [0.2, 0.25) is 11.9 Å². The maximum atomic E-state index is 12.0. The molecular weight excluding hydrogens is 312 g/mol. The van der Waals surface area contributed by atoms with Gasteiger partial charge in [-0.3, -0.25) is 4.79 Å². The van der Waals surface area contributed by atoms with Crippen molar-refractivity contribution in [3.8, 4) is 0 Å². The second-order valence-electron chi connectivity index (χ2n) is 5.64. The number of nitrogens with one attached hydrogen (secondary N) is 1. The Labute approximate surface area is 140 Å². The van der Waals surface area contributed by atoms with E-state index in [1.54, 1.807) is 12.4 Å². The third kappa shape index (κ3) is 4.42. The highest BCUT2D eigenvalue weighted by Crippen LogP contribution is 2.16. The minimum atomic E-state index is -0.0532. The molecule has 3 rings (SSSR count). The zero-order valence-corrected chi connectivity index (χ0v) is 13.6. The smallest absolute Gasteiger partial charge is 0.225 e. The molecular formula is C17H19ClN4O. The van der Waals surface area contributed by atoms with Crippen LogP contribution < -0.4 is 10.2 Å². The summed E-state index contributed by atoms with van der Waals surface area (Å²) in [5, 5.41) is 3.52. The van der Waals surface area contributed by atoms with Gasteiger partial charge in [-0.15, -0.1) is 0 Å². The van der Waals surface area contributed by atoms with Crippen molar-refractivity contribution in [2.75, 3.05) is 23.3 Å². The normalized spacial score (nSPS) is 14.0. The molecule has 1 amide bonds. The van der Waals surface area contributed by atoms with E-state index in [1.165, 1.54) is 12.8 Å². The van der Waals surface area contributed by atoms with Crippen LogP contribution in [-0.2, 0) is 11.2 Å². The SMILES string of the molecule is O=C(CCc1cccc(Cl)c1)Nc1cnc(N2CCCC2)nc1. The summed E-state index contributed by atoms with van der Waals surface area (Å²) in [5.74, 6) is 0.682. The van der Waals surface area contributed by atoms with Gasteiger partial charge in [0.25, 0.3) is 0 Å². The summed E-state index contributed by atoms with van der Waals surface area (Å²) in [7, 11) is 0. The number of benzene rings is 1. The molecule has 0 unspecified atom stereocenters. The monoisotopic (exact) mass is 330 g/mol. The fraction of sp³-hybridized carbons (Fsp3) is 0.353. The number of aryl methyl sites for hydroxylation is 1. The standard InChI is InChI=1S/C17H19ClN4O/c18-14-5-3-4-13(10-14)6-7-16(23)21-15-11-19-17(20-12-15)22-8-1-2-9-22/h3-5,10-12H,1-2,6-9H2,(H,21,23). The summed E-state index contributed by atoms with van der Waals surface area (Å²) < 4.78 is 0. The largest absolute Gasteiger partial charge is 0.341 e. The Morgan fingerprint density at radius 1 is 1.22 bits per heavy atom. The molecule has 23 heavy (non-hydrogen) atoms. The van der Waals surface area contributed by atoms with E-state index >= 15 is 0 Å². The number of carbonyl (C=O) groups is 1. The Bertz CT molecular complexity index is 669. The van der Waals surface area contributed by atoms with Crippen molar-refractivity contribution < 1.29 is 4.79 Å². The number of rotatable bonds is 5. The lowest BCUT2D eigenvalue weighted by molar-refractivity contribution is -0.116. The first-order chi connectivity index (χ1) is 11.2. The van der Waals surface area contributed by atoms with Crippen molar-refractivity contribution in [3.63, 3.8) is 0 Å². The van der Waals surface area contributed by atoms with Gasteiger partial charge in [-0.05, 0) is 37.0 Å².